The molecule has 1 unspecified atom stereocenters. The fourth-order valence-corrected chi connectivity index (χ4v) is 1.09. The number of rotatable bonds is 2. The molecule has 64 valence electrons. The Morgan fingerprint density at radius 3 is 2.45 bits per heavy atom. The van der Waals surface area contributed by atoms with Crippen LogP contribution in [0.15, 0.2) is 12.7 Å². The highest BCUT2D eigenvalue weighted by Crippen LogP contribution is 2.30. The van der Waals surface area contributed by atoms with Gasteiger partial charge in [0.2, 0.25) is 0 Å². The minimum absolute atomic E-state index is 0.0834. The van der Waals surface area contributed by atoms with Gasteiger partial charge in [0.1, 0.15) is 5.60 Å². The predicted octanol–water partition coefficient (Wildman–Crippen LogP) is 0.686. The highest BCUT2D eigenvalue weighted by molar-refractivity contribution is 5.01. The molecule has 0 aliphatic carbocycles. The van der Waals surface area contributed by atoms with E-state index in [0.29, 0.717) is 6.61 Å². The molecule has 1 atom stereocenters. The van der Waals surface area contributed by atoms with Gasteiger partial charge in [-0.1, -0.05) is 6.08 Å². The van der Waals surface area contributed by atoms with Crippen molar-refractivity contribution in [1.82, 2.24) is 0 Å². The third-order valence-corrected chi connectivity index (χ3v) is 1.75. The van der Waals surface area contributed by atoms with Crippen molar-refractivity contribution in [2.45, 2.75) is 25.2 Å². The van der Waals surface area contributed by atoms with Gasteiger partial charge in [-0.25, -0.2) is 0 Å². The molecule has 0 aromatic carbocycles. The molecular formula is C8H14O3. The molecule has 1 N–H and O–H groups in total. The Bertz CT molecular complexity index is 165. The summed E-state index contributed by atoms with van der Waals surface area (Å²) in [6, 6.07) is 0. The molecule has 3 nitrogen and oxygen atoms in total. The molecule has 11 heavy (non-hydrogen) atoms. The van der Waals surface area contributed by atoms with Gasteiger partial charge < -0.3 is 14.6 Å². The van der Waals surface area contributed by atoms with Gasteiger partial charge in [0, 0.05) is 0 Å². The van der Waals surface area contributed by atoms with Gasteiger partial charge in [-0.2, -0.15) is 0 Å². The first-order valence-corrected chi connectivity index (χ1v) is 3.62. The fraction of sp³-hybridized carbons (Fsp3) is 0.750. The largest absolute Gasteiger partial charge is 0.393 e. The first kappa shape index (κ1) is 8.71. The van der Waals surface area contributed by atoms with E-state index in [1.165, 1.54) is 0 Å². The third kappa shape index (κ3) is 1.61. The van der Waals surface area contributed by atoms with E-state index in [9.17, 15) is 0 Å². The minimum atomic E-state index is -0.691. The van der Waals surface area contributed by atoms with E-state index in [2.05, 4.69) is 6.58 Å². The predicted molar refractivity (Wildman–Crippen MR) is 41.1 cm³/mol. The standard InChI is InChI=1S/C8H14O3/c1-4-8(5-9)6-10-7(2,3)11-8/h4,9H,1,5-6H2,2-3H3. The summed E-state index contributed by atoms with van der Waals surface area (Å²) in [5, 5.41) is 8.97. The summed E-state index contributed by atoms with van der Waals surface area (Å²) in [6.07, 6.45) is 1.59. The topological polar surface area (TPSA) is 38.7 Å². The first-order valence-electron chi connectivity index (χ1n) is 3.62. The summed E-state index contributed by atoms with van der Waals surface area (Å²) in [4.78, 5) is 0. The van der Waals surface area contributed by atoms with Crippen LogP contribution in [0.4, 0.5) is 0 Å². The lowest BCUT2D eigenvalue weighted by Gasteiger charge is -2.23. The molecule has 0 aromatic heterocycles. The summed E-state index contributed by atoms with van der Waals surface area (Å²) >= 11 is 0. The van der Waals surface area contributed by atoms with Gasteiger partial charge in [0.05, 0.1) is 13.2 Å². The van der Waals surface area contributed by atoms with Crippen molar-refractivity contribution in [1.29, 1.82) is 0 Å². The maximum Gasteiger partial charge on any atom is 0.164 e. The summed E-state index contributed by atoms with van der Waals surface area (Å²) in [6.45, 7) is 7.50. The highest BCUT2D eigenvalue weighted by atomic mass is 16.8. The van der Waals surface area contributed by atoms with Crippen molar-refractivity contribution in [2.24, 2.45) is 0 Å². The lowest BCUT2D eigenvalue weighted by atomic mass is 10.1. The van der Waals surface area contributed by atoms with Gasteiger partial charge in [-0.05, 0) is 13.8 Å². The Labute approximate surface area is 66.6 Å². The smallest absolute Gasteiger partial charge is 0.164 e. The van der Waals surface area contributed by atoms with Gasteiger partial charge in [-0.15, -0.1) is 6.58 Å². The minimum Gasteiger partial charge on any atom is -0.393 e. The summed E-state index contributed by atoms with van der Waals surface area (Å²) in [7, 11) is 0. The van der Waals surface area contributed by atoms with Crippen molar-refractivity contribution in [3.05, 3.63) is 12.7 Å². The zero-order chi connectivity index (χ0) is 8.54. The zero-order valence-corrected chi connectivity index (χ0v) is 6.96. The molecule has 0 aromatic rings. The lowest BCUT2D eigenvalue weighted by molar-refractivity contribution is -0.157. The monoisotopic (exact) mass is 158 g/mol. The van der Waals surface area contributed by atoms with Crippen LogP contribution in [-0.4, -0.2) is 29.7 Å². The average molecular weight is 158 g/mol. The van der Waals surface area contributed by atoms with Crippen molar-refractivity contribution in [3.8, 4) is 0 Å². The number of ether oxygens (including phenoxy) is 2. The van der Waals surface area contributed by atoms with Crippen LogP contribution in [-0.2, 0) is 9.47 Å². The van der Waals surface area contributed by atoms with Crippen LogP contribution in [0.25, 0.3) is 0 Å². The molecule has 0 saturated carbocycles. The van der Waals surface area contributed by atoms with Crippen molar-refractivity contribution < 1.29 is 14.6 Å². The van der Waals surface area contributed by atoms with E-state index < -0.39 is 11.4 Å². The van der Waals surface area contributed by atoms with Crippen LogP contribution < -0.4 is 0 Å². The van der Waals surface area contributed by atoms with E-state index >= 15 is 0 Å². The maximum absolute atomic E-state index is 8.97. The lowest BCUT2D eigenvalue weighted by Crippen LogP contribution is -2.35. The number of hydrogen-bond acceptors (Lipinski definition) is 3. The van der Waals surface area contributed by atoms with Gasteiger partial charge in [0.25, 0.3) is 0 Å². The van der Waals surface area contributed by atoms with E-state index in [4.69, 9.17) is 14.6 Å². The fourth-order valence-electron chi connectivity index (χ4n) is 1.09. The molecule has 0 bridgehead atoms. The van der Waals surface area contributed by atoms with Crippen molar-refractivity contribution in [3.63, 3.8) is 0 Å². The Morgan fingerprint density at radius 2 is 2.27 bits per heavy atom. The summed E-state index contributed by atoms with van der Waals surface area (Å²) in [5.74, 6) is -0.600. The Hall–Kier alpha value is -0.380. The van der Waals surface area contributed by atoms with Crippen LogP contribution in [0.3, 0.4) is 0 Å². The number of aliphatic hydroxyl groups is 1. The van der Waals surface area contributed by atoms with Crippen LogP contribution in [0, 0.1) is 0 Å². The third-order valence-electron chi connectivity index (χ3n) is 1.75. The summed E-state index contributed by atoms with van der Waals surface area (Å²) < 4.78 is 10.7. The van der Waals surface area contributed by atoms with E-state index in [1.807, 2.05) is 13.8 Å². The van der Waals surface area contributed by atoms with Gasteiger partial charge in [-0.3, -0.25) is 0 Å². The Kier molecular flexibility index (Phi) is 2.05. The molecule has 0 spiro atoms. The molecule has 1 aliphatic rings. The van der Waals surface area contributed by atoms with Crippen molar-refractivity contribution in [2.75, 3.05) is 13.2 Å². The molecule has 1 aliphatic heterocycles. The normalized spacial score (nSPS) is 35.5. The van der Waals surface area contributed by atoms with Crippen LogP contribution in [0.5, 0.6) is 0 Å². The van der Waals surface area contributed by atoms with E-state index in [0.717, 1.165) is 0 Å². The van der Waals surface area contributed by atoms with Gasteiger partial charge >= 0.3 is 0 Å². The summed E-state index contributed by atoms with van der Waals surface area (Å²) in [5.41, 5.74) is -0.691. The van der Waals surface area contributed by atoms with Crippen molar-refractivity contribution >= 4 is 0 Å². The highest BCUT2D eigenvalue weighted by Gasteiger charge is 2.42. The molecule has 1 saturated heterocycles. The molecule has 1 rings (SSSR count). The molecule has 1 fully saturated rings. The Morgan fingerprint density at radius 1 is 1.64 bits per heavy atom. The Balaban J connectivity index is 2.70. The molecular weight excluding hydrogens is 144 g/mol. The molecule has 0 radical (unpaired) electrons. The van der Waals surface area contributed by atoms with E-state index in [1.54, 1.807) is 6.08 Å². The zero-order valence-electron chi connectivity index (χ0n) is 6.96. The quantitative estimate of drug-likeness (QED) is 0.601. The second kappa shape index (κ2) is 2.59. The number of hydrogen-bond donors (Lipinski definition) is 1. The van der Waals surface area contributed by atoms with Crippen LogP contribution in [0.2, 0.25) is 0 Å². The molecule has 3 heteroatoms. The molecule has 1 heterocycles. The van der Waals surface area contributed by atoms with Crippen LogP contribution >= 0.6 is 0 Å². The van der Waals surface area contributed by atoms with E-state index in [-0.39, 0.29) is 6.61 Å². The van der Waals surface area contributed by atoms with Crippen LogP contribution in [0.1, 0.15) is 13.8 Å². The van der Waals surface area contributed by atoms with Gasteiger partial charge in [0.15, 0.2) is 5.79 Å². The number of aliphatic hydroxyl groups excluding tert-OH is 1. The second-order valence-corrected chi connectivity index (χ2v) is 3.22. The maximum atomic E-state index is 8.97. The first-order chi connectivity index (χ1) is 5.04. The average Bonchev–Trinajstić information content (AvgIpc) is 2.28. The molecule has 0 amide bonds. The SMILES string of the molecule is C=CC1(CO)COC(C)(C)O1. The second-order valence-electron chi connectivity index (χ2n) is 3.22.